The van der Waals surface area contributed by atoms with Crippen molar-refractivity contribution in [2.24, 2.45) is 5.73 Å². The second kappa shape index (κ2) is 56.7. The molecule has 2 unspecified atom stereocenters. The average Bonchev–Trinajstić information content (AvgIpc) is 3.36. The van der Waals surface area contributed by atoms with E-state index in [1.807, 2.05) is 0 Å². The first-order valence-electron chi connectivity index (χ1n) is 29.4. The molecule has 0 bridgehead atoms. The van der Waals surface area contributed by atoms with Gasteiger partial charge in [0.15, 0.2) is 6.10 Å². The maximum atomic E-state index is 12.7. The van der Waals surface area contributed by atoms with Crippen LogP contribution in [0.15, 0.2) is 72.9 Å². The minimum absolute atomic E-state index is 0.0530. The topological polar surface area (TPSA) is 134 Å². The Bertz CT molecular complexity index is 1390. The molecule has 10 heteroatoms. The fourth-order valence-electron chi connectivity index (χ4n) is 8.29. The normalized spacial score (nSPS) is 13.6. The molecule has 412 valence electrons. The van der Waals surface area contributed by atoms with Gasteiger partial charge in [-0.05, 0) is 64.2 Å². The molecule has 0 aromatic carbocycles. The Kier molecular flexibility index (Phi) is 54.7. The number of phosphoric acid groups is 1. The maximum absolute atomic E-state index is 12.7. The summed E-state index contributed by atoms with van der Waals surface area (Å²) in [5.74, 6) is -0.819. The number of carbonyl (C=O) groups is 2. The number of carbonyl (C=O) groups excluding carboxylic acids is 2. The van der Waals surface area contributed by atoms with Crippen LogP contribution in [-0.2, 0) is 32.7 Å². The van der Waals surface area contributed by atoms with Gasteiger partial charge in [-0.3, -0.25) is 18.6 Å². The minimum Gasteiger partial charge on any atom is -0.462 e. The molecule has 0 rings (SSSR count). The van der Waals surface area contributed by atoms with Gasteiger partial charge in [-0.1, -0.05) is 267 Å². The van der Waals surface area contributed by atoms with Crippen molar-refractivity contribution in [3.63, 3.8) is 0 Å². The van der Waals surface area contributed by atoms with Crippen LogP contribution in [0.25, 0.3) is 0 Å². The summed E-state index contributed by atoms with van der Waals surface area (Å²) in [6, 6.07) is 0. The van der Waals surface area contributed by atoms with Crippen LogP contribution in [0.3, 0.4) is 0 Å². The molecule has 3 N–H and O–H groups in total. The van der Waals surface area contributed by atoms with Crippen LogP contribution >= 0.6 is 7.82 Å². The number of unbranched alkanes of at least 4 members (excludes halogenated alkanes) is 30. The van der Waals surface area contributed by atoms with Gasteiger partial charge in [0, 0.05) is 19.4 Å². The van der Waals surface area contributed by atoms with Crippen molar-refractivity contribution in [1.82, 2.24) is 0 Å². The minimum atomic E-state index is -4.39. The van der Waals surface area contributed by atoms with E-state index in [1.54, 1.807) is 0 Å². The first-order chi connectivity index (χ1) is 34.8. The third-order valence-corrected chi connectivity index (χ3v) is 13.6. The fourth-order valence-corrected chi connectivity index (χ4v) is 9.05. The molecule has 0 saturated carbocycles. The van der Waals surface area contributed by atoms with Crippen LogP contribution in [0.2, 0.25) is 0 Å². The van der Waals surface area contributed by atoms with E-state index in [2.05, 4.69) is 86.8 Å². The second-order valence-electron chi connectivity index (χ2n) is 19.5. The summed E-state index contributed by atoms with van der Waals surface area (Å²) in [7, 11) is -4.39. The summed E-state index contributed by atoms with van der Waals surface area (Å²) in [6.07, 6.45) is 72.4. The molecule has 0 amide bonds. The first-order valence-corrected chi connectivity index (χ1v) is 30.9. The zero-order chi connectivity index (χ0) is 51.7. The number of phosphoric ester groups is 1. The van der Waals surface area contributed by atoms with Gasteiger partial charge in [-0.2, -0.15) is 0 Å². The predicted molar refractivity (Wildman–Crippen MR) is 302 cm³/mol. The van der Waals surface area contributed by atoms with E-state index < -0.39 is 26.5 Å². The molecule has 0 saturated heterocycles. The number of rotatable bonds is 55. The zero-order valence-corrected chi connectivity index (χ0v) is 46.8. The molecule has 0 heterocycles. The number of allylic oxidation sites excluding steroid dienone is 12. The molecule has 0 spiro atoms. The van der Waals surface area contributed by atoms with Crippen molar-refractivity contribution >= 4 is 19.8 Å². The van der Waals surface area contributed by atoms with Gasteiger partial charge in [-0.15, -0.1) is 0 Å². The highest BCUT2D eigenvalue weighted by molar-refractivity contribution is 7.47. The van der Waals surface area contributed by atoms with Crippen LogP contribution < -0.4 is 5.73 Å². The number of hydrogen-bond acceptors (Lipinski definition) is 8. The molecule has 9 nitrogen and oxygen atoms in total. The third-order valence-electron chi connectivity index (χ3n) is 12.6. The highest BCUT2D eigenvalue weighted by Gasteiger charge is 2.26. The number of nitrogens with two attached hydrogens (primary N) is 1. The van der Waals surface area contributed by atoms with Crippen LogP contribution in [0, 0.1) is 0 Å². The second-order valence-corrected chi connectivity index (χ2v) is 20.9. The van der Waals surface area contributed by atoms with Gasteiger partial charge in [0.25, 0.3) is 0 Å². The van der Waals surface area contributed by atoms with Crippen molar-refractivity contribution in [3.05, 3.63) is 72.9 Å². The maximum Gasteiger partial charge on any atom is 0.472 e. The molecule has 0 aliphatic heterocycles. The lowest BCUT2D eigenvalue weighted by Gasteiger charge is -2.19. The summed E-state index contributed by atoms with van der Waals surface area (Å²) in [4.78, 5) is 35.2. The molecular weight excluding hydrogens is 906 g/mol. The number of hydrogen-bond donors (Lipinski definition) is 2. The van der Waals surface area contributed by atoms with Crippen molar-refractivity contribution < 1.29 is 37.6 Å². The summed E-state index contributed by atoms with van der Waals surface area (Å²) in [5, 5.41) is 0. The monoisotopic (exact) mass is 1020 g/mol. The van der Waals surface area contributed by atoms with E-state index in [1.165, 1.54) is 161 Å². The van der Waals surface area contributed by atoms with Crippen molar-refractivity contribution in [2.45, 2.75) is 277 Å². The van der Waals surface area contributed by atoms with E-state index >= 15 is 0 Å². The van der Waals surface area contributed by atoms with Crippen molar-refractivity contribution in [3.8, 4) is 0 Å². The summed E-state index contributed by atoms with van der Waals surface area (Å²) in [6.45, 7) is 3.66. The smallest absolute Gasteiger partial charge is 0.462 e. The van der Waals surface area contributed by atoms with Gasteiger partial charge in [-0.25, -0.2) is 4.57 Å². The Hall–Kier alpha value is -2.55. The van der Waals surface area contributed by atoms with Gasteiger partial charge in [0.2, 0.25) is 0 Å². The molecule has 0 aromatic rings. The van der Waals surface area contributed by atoms with E-state index in [-0.39, 0.29) is 38.6 Å². The van der Waals surface area contributed by atoms with Crippen molar-refractivity contribution in [1.29, 1.82) is 0 Å². The van der Waals surface area contributed by atoms with E-state index in [4.69, 9.17) is 24.3 Å². The Balaban J connectivity index is 3.92. The summed E-state index contributed by atoms with van der Waals surface area (Å²) < 4.78 is 33.0. The molecule has 0 aliphatic carbocycles. The fraction of sp³-hybridized carbons (Fsp3) is 0.770. The van der Waals surface area contributed by atoms with Crippen LogP contribution in [0.5, 0.6) is 0 Å². The highest BCUT2D eigenvalue weighted by atomic mass is 31.2. The highest BCUT2D eigenvalue weighted by Crippen LogP contribution is 2.43. The van der Waals surface area contributed by atoms with Crippen LogP contribution in [-0.4, -0.2) is 49.3 Å². The lowest BCUT2D eigenvalue weighted by Crippen LogP contribution is -2.29. The molecule has 71 heavy (non-hydrogen) atoms. The van der Waals surface area contributed by atoms with E-state index in [9.17, 15) is 19.0 Å². The number of ether oxygens (including phenoxy) is 2. The molecular formula is C61H110NO8P. The van der Waals surface area contributed by atoms with Crippen LogP contribution in [0.1, 0.15) is 271 Å². The van der Waals surface area contributed by atoms with Crippen LogP contribution in [0.4, 0.5) is 0 Å². The van der Waals surface area contributed by atoms with Gasteiger partial charge in [0.1, 0.15) is 6.61 Å². The quantitative estimate of drug-likeness (QED) is 0.0264. The summed E-state index contributed by atoms with van der Waals surface area (Å²) in [5.41, 5.74) is 5.38. The molecule has 0 radical (unpaired) electrons. The zero-order valence-electron chi connectivity index (χ0n) is 45.9. The molecule has 0 fully saturated rings. The first kappa shape index (κ1) is 68.5. The Morgan fingerprint density at radius 1 is 0.437 bits per heavy atom. The van der Waals surface area contributed by atoms with Crippen molar-refractivity contribution in [2.75, 3.05) is 26.4 Å². The SMILES string of the molecule is CC/C=C\C/C=C\C/C=C\C/C=C\C/C=C\C/C=C\CCCCCCCCCCCCCCCCC(=O)OC(COC(=O)CCCCCCCCCCCCCCCCCCC)COP(=O)(O)OCCN. The predicted octanol–water partition coefficient (Wildman–Crippen LogP) is 18.5. The largest absolute Gasteiger partial charge is 0.472 e. The Morgan fingerprint density at radius 3 is 1.15 bits per heavy atom. The van der Waals surface area contributed by atoms with Gasteiger partial charge in [0.05, 0.1) is 13.2 Å². The summed E-state index contributed by atoms with van der Waals surface area (Å²) >= 11 is 0. The van der Waals surface area contributed by atoms with E-state index in [0.29, 0.717) is 6.42 Å². The Morgan fingerprint density at radius 2 is 0.775 bits per heavy atom. The average molecular weight is 1020 g/mol. The lowest BCUT2D eigenvalue weighted by atomic mass is 10.0. The van der Waals surface area contributed by atoms with Gasteiger partial charge >= 0.3 is 19.8 Å². The molecule has 2 atom stereocenters. The third kappa shape index (κ3) is 56.6. The molecule has 0 aromatic heterocycles. The lowest BCUT2D eigenvalue weighted by molar-refractivity contribution is -0.161. The number of esters is 2. The van der Waals surface area contributed by atoms with E-state index in [0.717, 1.165) is 77.0 Å². The molecule has 0 aliphatic rings. The standard InChI is InChI=1S/C61H110NO8P/c1-3-5-7-9-11-13-15-17-19-21-22-23-24-25-26-27-28-29-30-31-32-33-34-35-36-38-40-42-44-46-48-50-52-54-61(64)70-59(58-69-71(65,66)68-56-55-62)57-67-60(63)53-51-49-47-45-43-41-39-37-20-18-16-14-12-10-8-6-4-2/h5,7,11,13,17,19,22-23,25-26,28-29,59H,3-4,6,8-10,12,14-16,18,20-21,24,27,30-58,62H2,1-2H3,(H,65,66)/b7-5-,13-11-,19-17-,23-22-,26-25-,29-28-. The van der Waals surface area contributed by atoms with Gasteiger partial charge < -0.3 is 20.1 Å². The Labute approximate surface area is 437 Å².